The van der Waals surface area contributed by atoms with Gasteiger partial charge in [-0.25, -0.2) is 0 Å². The highest BCUT2D eigenvalue weighted by Crippen LogP contribution is 2.16. The number of hydrogen-bond acceptors (Lipinski definition) is 5. The third-order valence-electron chi connectivity index (χ3n) is 4.50. The van der Waals surface area contributed by atoms with Crippen molar-refractivity contribution >= 4 is 23.2 Å². The van der Waals surface area contributed by atoms with E-state index in [0.717, 1.165) is 31.6 Å². The van der Waals surface area contributed by atoms with Gasteiger partial charge in [0.15, 0.2) is 16.3 Å². The molecule has 1 saturated heterocycles. The van der Waals surface area contributed by atoms with Crippen LogP contribution in [0.1, 0.15) is 45.4 Å². The molecular formula is C19H19N3O4S. The van der Waals surface area contributed by atoms with Gasteiger partial charge < -0.3 is 18.3 Å². The molecular weight excluding hydrogens is 366 g/mol. The lowest BCUT2D eigenvalue weighted by Crippen LogP contribution is -2.27. The number of amides is 2. The fourth-order valence-corrected chi connectivity index (χ4v) is 3.92. The number of aromatic nitrogens is 1. The second kappa shape index (κ2) is 7.40. The molecule has 0 aliphatic carbocycles. The van der Waals surface area contributed by atoms with E-state index in [1.807, 2.05) is 21.8 Å². The summed E-state index contributed by atoms with van der Waals surface area (Å²) < 4.78 is 12.8. The first-order valence-corrected chi connectivity index (χ1v) is 9.65. The maximum atomic E-state index is 12.4. The number of furan rings is 2. The molecule has 0 N–H and O–H groups in total. The first-order chi connectivity index (χ1) is 13.1. The van der Waals surface area contributed by atoms with Crippen LogP contribution in [0.5, 0.6) is 0 Å². The summed E-state index contributed by atoms with van der Waals surface area (Å²) in [6.45, 7) is 3.90. The molecule has 0 saturated carbocycles. The molecule has 0 aromatic carbocycles. The molecule has 4 heterocycles. The van der Waals surface area contributed by atoms with E-state index in [4.69, 9.17) is 8.83 Å². The average molecular weight is 385 g/mol. The minimum absolute atomic E-state index is 0.0660. The smallest absolute Gasteiger partial charge is 0.315 e. The van der Waals surface area contributed by atoms with Gasteiger partial charge >= 0.3 is 5.91 Å². The van der Waals surface area contributed by atoms with Gasteiger partial charge in [-0.2, -0.15) is 4.99 Å². The van der Waals surface area contributed by atoms with Crippen molar-refractivity contribution in [3.63, 3.8) is 0 Å². The van der Waals surface area contributed by atoms with E-state index in [1.165, 1.54) is 17.6 Å². The van der Waals surface area contributed by atoms with E-state index in [2.05, 4.69) is 4.99 Å². The Bertz CT molecular complexity index is 1020. The summed E-state index contributed by atoms with van der Waals surface area (Å²) in [5, 5.41) is 1.92. The summed E-state index contributed by atoms with van der Waals surface area (Å²) in [7, 11) is 0. The topological polar surface area (TPSA) is 80.9 Å². The lowest BCUT2D eigenvalue weighted by atomic mass is 10.3. The summed E-state index contributed by atoms with van der Waals surface area (Å²) in [5.74, 6) is 0.698. The van der Waals surface area contributed by atoms with Crippen LogP contribution in [0, 0.1) is 6.92 Å². The van der Waals surface area contributed by atoms with Gasteiger partial charge in [0.1, 0.15) is 5.76 Å². The number of likely N-dealkylation sites (tertiary alicyclic amines) is 1. The van der Waals surface area contributed by atoms with Crippen LogP contribution < -0.4 is 4.80 Å². The van der Waals surface area contributed by atoms with Crippen molar-refractivity contribution in [2.45, 2.75) is 26.3 Å². The molecule has 3 aromatic rings. The highest BCUT2D eigenvalue weighted by Gasteiger charge is 2.22. The zero-order chi connectivity index (χ0) is 18.8. The molecule has 27 heavy (non-hydrogen) atoms. The molecule has 7 nitrogen and oxygen atoms in total. The Labute approximate surface area is 159 Å². The first kappa shape index (κ1) is 17.5. The first-order valence-electron chi connectivity index (χ1n) is 8.77. The predicted octanol–water partition coefficient (Wildman–Crippen LogP) is 3.07. The number of aryl methyl sites for hydroxylation is 1. The molecule has 140 valence electrons. The molecule has 0 spiro atoms. The number of rotatable bonds is 4. The quantitative estimate of drug-likeness (QED) is 0.691. The number of nitrogens with zero attached hydrogens (tertiary/aromatic N) is 3. The second-order valence-corrected chi connectivity index (χ2v) is 7.24. The Balaban J connectivity index is 1.56. The lowest BCUT2D eigenvalue weighted by Gasteiger charge is -2.12. The van der Waals surface area contributed by atoms with Crippen LogP contribution in [0.15, 0.2) is 49.7 Å². The molecule has 3 aromatic heterocycles. The second-order valence-electron chi connectivity index (χ2n) is 6.41. The van der Waals surface area contributed by atoms with Crippen LogP contribution in [0.4, 0.5) is 0 Å². The van der Waals surface area contributed by atoms with Crippen LogP contribution in [0.2, 0.25) is 0 Å². The predicted molar refractivity (Wildman–Crippen MR) is 98.6 cm³/mol. The highest BCUT2D eigenvalue weighted by molar-refractivity contribution is 7.07. The van der Waals surface area contributed by atoms with E-state index >= 15 is 0 Å². The Morgan fingerprint density at radius 3 is 2.74 bits per heavy atom. The van der Waals surface area contributed by atoms with E-state index in [-0.39, 0.29) is 11.7 Å². The standard InChI is InChI=1S/C19H19N3O4S/c1-13-12-27-19(20-17(23)15-5-4-10-25-15)22(13)11-14-6-7-16(26-14)18(24)21-8-2-3-9-21/h4-7,10,12H,2-3,8-9,11H2,1H3. The minimum Gasteiger partial charge on any atom is -0.459 e. The van der Waals surface area contributed by atoms with Crippen molar-refractivity contribution in [3.8, 4) is 0 Å². The maximum Gasteiger partial charge on any atom is 0.315 e. The monoisotopic (exact) mass is 385 g/mol. The van der Waals surface area contributed by atoms with Crippen LogP contribution in [0.25, 0.3) is 0 Å². The van der Waals surface area contributed by atoms with E-state index in [1.54, 1.807) is 24.3 Å². The van der Waals surface area contributed by atoms with Gasteiger partial charge in [0.2, 0.25) is 0 Å². The molecule has 1 aliphatic rings. The summed E-state index contributed by atoms with van der Waals surface area (Å²) in [5.41, 5.74) is 0.954. The normalized spacial score (nSPS) is 14.9. The van der Waals surface area contributed by atoms with Gasteiger partial charge in [0, 0.05) is 24.2 Å². The third kappa shape index (κ3) is 3.66. The molecule has 4 rings (SSSR count). The Morgan fingerprint density at radius 1 is 1.19 bits per heavy atom. The number of carbonyl (C=O) groups is 2. The lowest BCUT2D eigenvalue weighted by molar-refractivity contribution is 0.0759. The number of hydrogen-bond donors (Lipinski definition) is 0. The molecule has 2 amide bonds. The zero-order valence-electron chi connectivity index (χ0n) is 14.9. The van der Waals surface area contributed by atoms with Gasteiger partial charge in [0.25, 0.3) is 5.91 Å². The number of carbonyl (C=O) groups excluding carboxylic acids is 2. The molecule has 1 fully saturated rings. The van der Waals surface area contributed by atoms with Gasteiger partial charge in [-0.15, -0.1) is 11.3 Å². The number of thiazole rings is 1. The van der Waals surface area contributed by atoms with E-state index in [0.29, 0.717) is 22.9 Å². The SMILES string of the molecule is Cc1csc(=NC(=O)c2ccco2)n1Cc1ccc(C(=O)N2CCCC2)o1. The summed E-state index contributed by atoms with van der Waals surface area (Å²) >= 11 is 1.37. The fourth-order valence-electron chi connectivity index (χ4n) is 3.05. The average Bonchev–Trinajstić information content (AvgIpc) is 3.46. The van der Waals surface area contributed by atoms with Crippen molar-refractivity contribution in [1.29, 1.82) is 0 Å². The Hall–Kier alpha value is -2.87. The minimum atomic E-state index is -0.431. The van der Waals surface area contributed by atoms with Gasteiger partial charge in [-0.1, -0.05) is 0 Å². The van der Waals surface area contributed by atoms with E-state index in [9.17, 15) is 9.59 Å². The summed E-state index contributed by atoms with van der Waals surface area (Å²) in [4.78, 5) is 31.1. The Kier molecular flexibility index (Phi) is 4.81. The van der Waals surface area contributed by atoms with Crippen LogP contribution >= 0.6 is 11.3 Å². The third-order valence-corrected chi connectivity index (χ3v) is 5.48. The summed E-state index contributed by atoms with van der Waals surface area (Å²) in [6.07, 6.45) is 3.52. The van der Waals surface area contributed by atoms with Crippen LogP contribution in [-0.4, -0.2) is 34.4 Å². The van der Waals surface area contributed by atoms with Crippen molar-refractivity contribution < 1.29 is 18.4 Å². The van der Waals surface area contributed by atoms with Crippen molar-refractivity contribution in [2.24, 2.45) is 4.99 Å². The summed E-state index contributed by atoms with van der Waals surface area (Å²) in [6, 6.07) is 6.74. The molecule has 0 radical (unpaired) electrons. The molecule has 0 unspecified atom stereocenters. The molecule has 0 atom stereocenters. The molecule has 8 heteroatoms. The van der Waals surface area contributed by atoms with Gasteiger partial charge in [-0.05, 0) is 44.0 Å². The molecule has 1 aliphatic heterocycles. The van der Waals surface area contributed by atoms with Crippen LogP contribution in [-0.2, 0) is 6.54 Å². The largest absolute Gasteiger partial charge is 0.459 e. The molecule has 0 bridgehead atoms. The van der Waals surface area contributed by atoms with Crippen LogP contribution in [0.3, 0.4) is 0 Å². The fraction of sp³-hybridized carbons (Fsp3) is 0.316. The van der Waals surface area contributed by atoms with Crippen molar-refractivity contribution in [1.82, 2.24) is 9.47 Å². The maximum absolute atomic E-state index is 12.4. The zero-order valence-corrected chi connectivity index (χ0v) is 15.7. The van der Waals surface area contributed by atoms with Gasteiger partial charge in [0.05, 0.1) is 12.8 Å². The van der Waals surface area contributed by atoms with Crippen molar-refractivity contribution in [2.75, 3.05) is 13.1 Å². The Morgan fingerprint density at radius 2 is 2.00 bits per heavy atom. The van der Waals surface area contributed by atoms with Crippen molar-refractivity contribution in [3.05, 3.63) is 63.7 Å². The van der Waals surface area contributed by atoms with E-state index < -0.39 is 5.91 Å². The van der Waals surface area contributed by atoms with Gasteiger partial charge in [-0.3, -0.25) is 9.59 Å². The highest BCUT2D eigenvalue weighted by atomic mass is 32.1.